The molecule has 4 nitrogen and oxygen atoms in total. The molecule has 1 fully saturated rings. The first-order valence-electron chi connectivity index (χ1n) is 8.60. The summed E-state index contributed by atoms with van der Waals surface area (Å²) in [5.41, 5.74) is 0. The van der Waals surface area contributed by atoms with Crippen molar-refractivity contribution in [1.82, 2.24) is 4.90 Å². The van der Waals surface area contributed by atoms with Crippen LogP contribution in [0.1, 0.15) is 33.1 Å². The van der Waals surface area contributed by atoms with Gasteiger partial charge in [0, 0.05) is 12.1 Å². The van der Waals surface area contributed by atoms with Crippen LogP contribution in [0.4, 0.5) is 0 Å². The highest BCUT2D eigenvalue weighted by Gasteiger charge is 2.28. The van der Waals surface area contributed by atoms with Crippen LogP contribution in [-0.4, -0.2) is 36.6 Å². The fourth-order valence-electron chi connectivity index (χ4n) is 3.55. The van der Waals surface area contributed by atoms with Crippen LogP contribution in [0.25, 0.3) is 10.8 Å². The molecule has 0 spiro atoms. The summed E-state index contributed by atoms with van der Waals surface area (Å²) in [6.07, 6.45) is 3.34. The first kappa shape index (κ1) is 16.6. The fraction of sp³-hybridized carbons (Fsp3) is 0.450. The quantitative estimate of drug-likeness (QED) is 0.851. The van der Waals surface area contributed by atoms with Crippen molar-refractivity contribution in [3.8, 4) is 11.5 Å². The maximum atomic E-state index is 12.5. The average molecular weight is 327 g/mol. The molecule has 3 rings (SSSR count). The van der Waals surface area contributed by atoms with Gasteiger partial charge in [-0.3, -0.25) is 4.79 Å². The molecular weight excluding hydrogens is 302 g/mol. The molecule has 2 atom stereocenters. The second kappa shape index (κ2) is 7.12. The lowest BCUT2D eigenvalue weighted by Crippen LogP contribution is -2.49. The number of amides is 1. The summed E-state index contributed by atoms with van der Waals surface area (Å²) in [4.78, 5) is 14.5. The standard InChI is InChI=1S/C20H25NO3/c1-14-5-4-6-15(2)21(14)20(22)13-24-19-10-8-16-7-9-18(23-3)11-17(16)12-19/h7-12,14-15H,4-6,13H2,1-3H3/t14-,15-/m0/s1. The number of hydrogen-bond donors (Lipinski definition) is 0. The Kier molecular flexibility index (Phi) is 4.93. The molecule has 1 aliphatic rings. The fourth-order valence-corrected chi connectivity index (χ4v) is 3.55. The van der Waals surface area contributed by atoms with E-state index in [9.17, 15) is 4.79 Å². The topological polar surface area (TPSA) is 38.8 Å². The Morgan fingerprint density at radius 2 is 1.67 bits per heavy atom. The van der Waals surface area contributed by atoms with E-state index in [1.807, 2.05) is 41.3 Å². The van der Waals surface area contributed by atoms with Gasteiger partial charge in [0.15, 0.2) is 6.61 Å². The number of likely N-dealkylation sites (tertiary alicyclic amines) is 1. The lowest BCUT2D eigenvalue weighted by atomic mass is 9.97. The third kappa shape index (κ3) is 3.48. The molecule has 0 unspecified atom stereocenters. The molecule has 0 bridgehead atoms. The zero-order chi connectivity index (χ0) is 17.1. The molecule has 0 N–H and O–H groups in total. The van der Waals surface area contributed by atoms with Crippen molar-refractivity contribution in [1.29, 1.82) is 0 Å². The van der Waals surface area contributed by atoms with Crippen molar-refractivity contribution in [2.24, 2.45) is 0 Å². The highest BCUT2D eigenvalue weighted by atomic mass is 16.5. The van der Waals surface area contributed by atoms with Crippen LogP contribution in [0.15, 0.2) is 36.4 Å². The number of ether oxygens (including phenoxy) is 2. The van der Waals surface area contributed by atoms with Crippen molar-refractivity contribution in [3.05, 3.63) is 36.4 Å². The molecule has 1 amide bonds. The van der Waals surface area contributed by atoms with Gasteiger partial charge < -0.3 is 14.4 Å². The van der Waals surface area contributed by atoms with Crippen molar-refractivity contribution in [2.45, 2.75) is 45.2 Å². The molecule has 24 heavy (non-hydrogen) atoms. The molecule has 0 radical (unpaired) electrons. The zero-order valence-corrected chi connectivity index (χ0v) is 14.6. The summed E-state index contributed by atoms with van der Waals surface area (Å²) in [6.45, 7) is 4.33. The molecule has 1 heterocycles. The molecule has 2 aromatic carbocycles. The number of rotatable bonds is 4. The smallest absolute Gasteiger partial charge is 0.260 e. The van der Waals surface area contributed by atoms with Crippen LogP contribution in [-0.2, 0) is 4.79 Å². The number of carbonyl (C=O) groups is 1. The van der Waals surface area contributed by atoms with Crippen LogP contribution in [0.3, 0.4) is 0 Å². The minimum absolute atomic E-state index is 0.0699. The summed E-state index contributed by atoms with van der Waals surface area (Å²) in [5.74, 6) is 1.59. The lowest BCUT2D eigenvalue weighted by Gasteiger charge is -2.38. The van der Waals surface area contributed by atoms with E-state index >= 15 is 0 Å². The number of hydrogen-bond acceptors (Lipinski definition) is 3. The van der Waals surface area contributed by atoms with Gasteiger partial charge >= 0.3 is 0 Å². The van der Waals surface area contributed by atoms with Gasteiger partial charge in [0.25, 0.3) is 5.91 Å². The minimum Gasteiger partial charge on any atom is -0.497 e. The van der Waals surface area contributed by atoms with Crippen LogP contribution in [0.2, 0.25) is 0 Å². The van der Waals surface area contributed by atoms with Crippen LogP contribution in [0.5, 0.6) is 11.5 Å². The van der Waals surface area contributed by atoms with E-state index < -0.39 is 0 Å². The number of piperidine rings is 1. The number of methoxy groups -OCH3 is 1. The lowest BCUT2D eigenvalue weighted by molar-refractivity contribution is -0.139. The first-order valence-corrected chi connectivity index (χ1v) is 8.60. The maximum Gasteiger partial charge on any atom is 0.260 e. The number of carbonyl (C=O) groups excluding carboxylic acids is 1. The minimum atomic E-state index is 0.0699. The Morgan fingerprint density at radius 1 is 1.04 bits per heavy atom. The highest BCUT2D eigenvalue weighted by molar-refractivity contribution is 5.85. The third-order valence-corrected chi connectivity index (χ3v) is 4.86. The van der Waals surface area contributed by atoms with E-state index in [4.69, 9.17) is 9.47 Å². The van der Waals surface area contributed by atoms with Crippen molar-refractivity contribution >= 4 is 16.7 Å². The molecule has 0 aliphatic carbocycles. The van der Waals surface area contributed by atoms with Gasteiger partial charge in [0.2, 0.25) is 0 Å². The summed E-state index contributed by atoms with van der Waals surface area (Å²) in [7, 11) is 1.65. The van der Waals surface area contributed by atoms with E-state index in [-0.39, 0.29) is 12.5 Å². The molecule has 4 heteroatoms. The van der Waals surface area contributed by atoms with Gasteiger partial charge in [-0.15, -0.1) is 0 Å². The van der Waals surface area contributed by atoms with Gasteiger partial charge in [0.05, 0.1) is 7.11 Å². The Hall–Kier alpha value is -2.23. The van der Waals surface area contributed by atoms with Crippen molar-refractivity contribution in [3.63, 3.8) is 0 Å². The van der Waals surface area contributed by atoms with Crippen LogP contribution in [0, 0.1) is 0 Å². The molecule has 2 aromatic rings. The van der Waals surface area contributed by atoms with Crippen LogP contribution < -0.4 is 9.47 Å². The Morgan fingerprint density at radius 3 is 2.33 bits per heavy atom. The molecule has 1 saturated heterocycles. The van der Waals surface area contributed by atoms with E-state index in [1.165, 1.54) is 6.42 Å². The van der Waals surface area contributed by atoms with Gasteiger partial charge in [-0.05, 0) is 68.1 Å². The summed E-state index contributed by atoms with van der Waals surface area (Å²) >= 11 is 0. The third-order valence-electron chi connectivity index (χ3n) is 4.86. The largest absolute Gasteiger partial charge is 0.497 e. The zero-order valence-electron chi connectivity index (χ0n) is 14.6. The van der Waals surface area contributed by atoms with E-state index in [2.05, 4.69) is 13.8 Å². The number of nitrogens with zero attached hydrogens (tertiary/aromatic N) is 1. The molecule has 0 aromatic heterocycles. The normalized spacial score (nSPS) is 20.9. The molecule has 0 saturated carbocycles. The summed E-state index contributed by atoms with van der Waals surface area (Å²) < 4.78 is 11.0. The SMILES string of the molecule is COc1ccc2ccc(OCC(=O)N3[C@@H](C)CCC[C@@H]3C)cc2c1. The Balaban J connectivity index is 1.69. The average Bonchev–Trinajstić information content (AvgIpc) is 2.59. The van der Waals surface area contributed by atoms with E-state index in [0.29, 0.717) is 17.8 Å². The first-order chi connectivity index (χ1) is 11.6. The van der Waals surface area contributed by atoms with Crippen molar-refractivity contribution < 1.29 is 14.3 Å². The second-order valence-corrected chi connectivity index (χ2v) is 6.59. The Labute approximate surface area is 143 Å². The predicted octanol–water partition coefficient (Wildman–Crippen LogP) is 4.02. The highest BCUT2D eigenvalue weighted by Crippen LogP contribution is 2.26. The van der Waals surface area contributed by atoms with Crippen molar-refractivity contribution in [2.75, 3.05) is 13.7 Å². The van der Waals surface area contributed by atoms with Gasteiger partial charge in [-0.2, -0.15) is 0 Å². The summed E-state index contributed by atoms with van der Waals surface area (Å²) in [5, 5.41) is 2.16. The van der Waals surface area contributed by atoms with Gasteiger partial charge in [-0.25, -0.2) is 0 Å². The maximum absolute atomic E-state index is 12.5. The molecular formula is C20H25NO3. The monoisotopic (exact) mass is 327 g/mol. The predicted molar refractivity (Wildman–Crippen MR) is 95.6 cm³/mol. The van der Waals surface area contributed by atoms with Gasteiger partial charge in [-0.1, -0.05) is 12.1 Å². The van der Waals surface area contributed by atoms with E-state index in [0.717, 1.165) is 29.4 Å². The molecule has 1 aliphatic heterocycles. The second-order valence-electron chi connectivity index (χ2n) is 6.59. The van der Waals surface area contributed by atoms with E-state index in [1.54, 1.807) is 7.11 Å². The number of benzene rings is 2. The Bertz CT molecular complexity index is 718. The van der Waals surface area contributed by atoms with Crippen LogP contribution >= 0.6 is 0 Å². The van der Waals surface area contributed by atoms with Gasteiger partial charge in [0.1, 0.15) is 11.5 Å². The molecule has 128 valence electrons. The number of fused-ring (bicyclic) bond motifs is 1. The summed E-state index contributed by atoms with van der Waals surface area (Å²) in [6, 6.07) is 12.4.